The molecule has 0 bridgehead atoms. The van der Waals surface area contributed by atoms with Crippen LogP contribution in [-0.4, -0.2) is 15.3 Å². The summed E-state index contributed by atoms with van der Waals surface area (Å²) < 4.78 is 1.47. The van der Waals surface area contributed by atoms with Gasteiger partial charge in [-0.15, -0.1) is 11.3 Å². The Balaban J connectivity index is 1.77. The Morgan fingerprint density at radius 1 is 1.08 bits per heavy atom. The van der Waals surface area contributed by atoms with Crippen molar-refractivity contribution in [1.29, 1.82) is 0 Å². The van der Waals surface area contributed by atoms with Gasteiger partial charge in [0.15, 0.2) is 4.96 Å². The van der Waals surface area contributed by atoms with E-state index in [1.54, 1.807) is 24.3 Å². The number of nitrogens with one attached hydrogen (secondary N) is 1. The molecule has 0 radical (unpaired) electrons. The maximum absolute atomic E-state index is 12.9. The van der Waals surface area contributed by atoms with E-state index in [0.717, 1.165) is 5.56 Å². The Kier molecular flexibility index (Phi) is 4.28. The number of amides is 1. The lowest BCUT2D eigenvalue weighted by atomic mass is 10.2. The normalized spacial score (nSPS) is 10.8. The van der Waals surface area contributed by atoms with E-state index < -0.39 is 11.5 Å². The van der Waals surface area contributed by atoms with Gasteiger partial charge >= 0.3 is 0 Å². The topological polar surface area (TPSA) is 63.5 Å². The molecule has 0 atom stereocenters. The van der Waals surface area contributed by atoms with Crippen LogP contribution in [0.3, 0.4) is 0 Å². The number of hydrogen-bond acceptors (Lipinski definition) is 4. The third kappa shape index (κ3) is 3.00. The van der Waals surface area contributed by atoms with Crippen LogP contribution in [0.4, 0.5) is 5.69 Å². The van der Waals surface area contributed by atoms with Crippen LogP contribution < -0.4 is 10.9 Å². The van der Waals surface area contributed by atoms with Crippen LogP contribution in [0.25, 0.3) is 16.2 Å². The number of anilines is 1. The first-order valence-electron chi connectivity index (χ1n) is 7.75. The van der Waals surface area contributed by atoms with Crippen LogP contribution in [0.5, 0.6) is 0 Å². The predicted octanol–water partition coefficient (Wildman–Crippen LogP) is 4.33. The van der Waals surface area contributed by atoms with Crippen LogP contribution in [0.15, 0.2) is 71.0 Å². The van der Waals surface area contributed by atoms with Gasteiger partial charge in [0.05, 0.1) is 5.69 Å². The molecule has 0 saturated carbocycles. The molecule has 128 valence electrons. The van der Waals surface area contributed by atoms with E-state index in [9.17, 15) is 9.59 Å². The zero-order valence-corrected chi connectivity index (χ0v) is 14.9. The van der Waals surface area contributed by atoms with Gasteiger partial charge in [-0.2, -0.15) is 0 Å². The Labute approximate surface area is 157 Å². The van der Waals surface area contributed by atoms with Crippen molar-refractivity contribution in [3.63, 3.8) is 0 Å². The van der Waals surface area contributed by atoms with E-state index in [0.29, 0.717) is 21.4 Å². The van der Waals surface area contributed by atoms with Crippen LogP contribution in [0.2, 0.25) is 5.02 Å². The molecule has 1 N–H and O–H groups in total. The minimum Gasteiger partial charge on any atom is -0.322 e. The number of fused-ring (bicyclic) bond motifs is 1. The molecule has 4 aromatic rings. The zero-order valence-electron chi connectivity index (χ0n) is 13.3. The molecule has 0 aliphatic carbocycles. The summed E-state index contributed by atoms with van der Waals surface area (Å²) in [5, 5.41) is 5.12. The second-order valence-electron chi connectivity index (χ2n) is 5.54. The fraction of sp³-hybridized carbons (Fsp3) is 0. The van der Waals surface area contributed by atoms with Crippen molar-refractivity contribution in [3.8, 4) is 11.3 Å². The highest BCUT2D eigenvalue weighted by molar-refractivity contribution is 7.15. The molecular weight excluding hydrogens is 370 g/mol. The largest absolute Gasteiger partial charge is 0.322 e. The number of aromatic nitrogens is 2. The van der Waals surface area contributed by atoms with Gasteiger partial charge < -0.3 is 5.32 Å². The van der Waals surface area contributed by atoms with Gasteiger partial charge in [0.1, 0.15) is 5.56 Å². The summed E-state index contributed by atoms with van der Waals surface area (Å²) in [6.07, 6.45) is 1.31. The van der Waals surface area contributed by atoms with Gasteiger partial charge in [0.25, 0.3) is 11.5 Å². The molecule has 0 fully saturated rings. The first kappa shape index (κ1) is 16.5. The van der Waals surface area contributed by atoms with E-state index in [1.807, 2.05) is 35.7 Å². The van der Waals surface area contributed by atoms with Gasteiger partial charge in [-0.05, 0) is 29.8 Å². The summed E-state index contributed by atoms with van der Waals surface area (Å²) in [6.45, 7) is 0. The second-order valence-corrected chi connectivity index (χ2v) is 6.82. The van der Waals surface area contributed by atoms with Gasteiger partial charge in [-0.3, -0.25) is 14.0 Å². The first-order chi connectivity index (χ1) is 12.6. The number of nitrogens with zero attached hydrogens (tertiary/aromatic N) is 2. The van der Waals surface area contributed by atoms with Gasteiger partial charge in [-0.1, -0.05) is 41.9 Å². The number of rotatable bonds is 3. The Morgan fingerprint density at radius 3 is 2.54 bits per heavy atom. The maximum Gasteiger partial charge on any atom is 0.271 e. The minimum absolute atomic E-state index is 0.0203. The summed E-state index contributed by atoms with van der Waals surface area (Å²) in [6, 6.07) is 16.2. The van der Waals surface area contributed by atoms with Gasteiger partial charge in [-0.25, -0.2) is 4.98 Å². The first-order valence-corrected chi connectivity index (χ1v) is 9.01. The lowest BCUT2D eigenvalue weighted by Crippen LogP contribution is -2.26. The number of benzene rings is 2. The molecule has 5 nitrogen and oxygen atoms in total. The van der Waals surface area contributed by atoms with E-state index in [4.69, 9.17) is 11.6 Å². The number of carbonyl (C=O) groups excluding carboxylic acids is 1. The van der Waals surface area contributed by atoms with Gasteiger partial charge in [0, 0.05) is 22.3 Å². The Hall–Kier alpha value is -2.96. The monoisotopic (exact) mass is 381 g/mol. The molecule has 2 aromatic carbocycles. The van der Waals surface area contributed by atoms with Gasteiger partial charge in [0.2, 0.25) is 0 Å². The van der Waals surface area contributed by atoms with Crippen LogP contribution in [0, 0.1) is 0 Å². The van der Waals surface area contributed by atoms with E-state index in [-0.39, 0.29) is 5.56 Å². The summed E-state index contributed by atoms with van der Waals surface area (Å²) in [4.78, 5) is 30.3. The molecule has 2 heterocycles. The van der Waals surface area contributed by atoms with E-state index >= 15 is 0 Å². The standard InChI is InChI=1S/C19H12ClN3O2S/c20-13-6-8-14(9-7-13)22-17(24)15-10-21-19-23(18(15)25)16(11-26-19)12-4-2-1-3-5-12/h1-11H,(H,22,24). The minimum atomic E-state index is -0.510. The number of carbonyl (C=O) groups is 1. The summed E-state index contributed by atoms with van der Waals surface area (Å²) in [5.74, 6) is -0.510. The molecule has 0 unspecified atom stereocenters. The fourth-order valence-electron chi connectivity index (χ4n) is 2.59. The molecule has 1 amide bonds. The number of halogens is 1. The molecule has 0 saturated heterocycles. The van der Waals surface area contributed by atoms with Crippen LogP contribution in [-0.2, 0) is 0 Å². The van der Waals surface area contributed by atoms with Crippen molar-refractivity contribution in [2.24, 2.45) is 0 Å². The quantitative estimate of drug-likeness (QED) is 0.574. The van der Waals surface area contributed by atoms with Crippen molar-refractivity contribution < 1.29 is 4.79 Å². The average Bonchev–Trinajstić information content (AvgIpc) is 3.09. The zero-order chi connectivity index (χ0) is 18.1. The summed E-state index contributed by atoms with van der Waals surface area (Å²) in [5.41, 5.74) is 1.73. The van der Waals surface area contributed by atoms with Crippen LogP contribution in [0.1, 0.15) is 10.4 Å². The lowest BCUT2D eigenvalue weighted by molar-refractivity contribution is 0.102. The SMILES string of the molecule is O=C(Nc1ccc(Cl)cc1)c1cnc2scc(-c3ccccc3)n2c1=O. The highest BCUT2D eigenvalue weighted by atomic mass is 35.5. The number of hydrogen-bond donors (Lipinski definition) is 1. The van der Waals surface area contributed by atoms with E-state index in [2.05, 4.69) is 10.3 Å². The summed E-state index contributed by atoms with van der Waals surface area (Å²) in [7, 11) is 0. The number of thiazole rings is 1. The summed E-state index contributed by atoms with van der Waals surface area (Å²) >= 11 is 7.20. The third-order valence-corrected chi connectivity index (χ3v) is 4.95. The predicted molar refractivity (Wildman–Crippen MR) is 104 cm³/mol. The van der Waals surface area contributed by atoms with Crippen molar-refractivity contribution in [2.45, 2.75) is 0 Å². The average molecular weight is 382 g/mol. The Morgan fingerprint density at radius 2 is 1.81 bits per heavy atom. The molecule has 7 heteroatoms. The molecule has 0 aliphatic heterocycles. The Bertz CT molecular complexity index is 1150. The molecule has 0 aliphatic rings. The highest BCUT2D eigenvalue weighted by Gasteiger charge is 2.17. The molecule has 4 rings (SSSR count). The highest BCUT2D eigenvalue weighted by Crippen LogP contribution is 2.23. The molecule has 0 spiro atoms. The van der Waals surface area contributed by atoms with Crippen molar-refractivity contribution in [2.75, 3.05) is 5.32 Å². The molecular formula is C19H12ClN3O2S. The molecule has 26 heavy (non-hydrogen) atoms. The third-order valence-electron chi connectivity index (χ3n) is 3.86. The van der Waals surface area contributed by atoms with Crippen molar-refractivity contribution in [3.05, 3.63) is 87.1 Å². The lowest BCUT2D eigenvalue weighted by Gasteiger charge is -2.06. The smallest absolute Gasteiger partial charge is 0.271 e. The fourth-order valence-corrected chi connectivity index (χ4v) is 3.58. The maximum atomic E-state index is 12.9. The van der Waals surface area contributed by atoms with Crippen LogP contribution >= 0.6 is 22.9 Å². The van der Waals surface area contributed by atoms with E-state index in [1.165, 1.54) is 21.9 Å². The molecule has 2 aromatic heterocycles. The van der Waals surface area contributed by atoms with Crippen molar-refractivity contribution >= 4 is 39.5 Å². The van der Waals surface area contributed by atoms with Crippen molar-refractivity contribution in [1.82, 2.24) is 9.38 Å². The second kappa shape index (κ2) is 6.74.